The lowest BCUT2D eigenvalue weighted by molar-refractivity contribution is -0.143. The zero-order valence-corrected chi connectivity index (χ0v) is 18.5. The van der Waals surface area contributed by atoms with Crippen molar-refractivity contribution in [2.24, 2.45) is 10.9 Å². The lowest BCUT2D eigenvalue weighted by atomic mass is 9.96. The van der Waals surface area contributed by atoms with Gasteiger partial charge in [0.25, 0.3) is 0 Å². The van der Waals surface area contributed by atoms with Crippen LogP contribution in [0.5, 0.6) is 0 Å². The summed E-state index contributed by atoms with van der Waals surface area (Å²) in [5.74, 6) is 1.53. The first kappa shape index (κ1) is 25.7. The molecule has 0 amide bonds. The smallest absolute Gasteiger partial charge is 0.381 e. The summed E-state index contributed by atoms with van der Waals surface area (Å²) < 4.78 is 42.3. The number of alkyl halides is 3. The molecule has 9 heteroatoms. The number of rotatable bonds is 9. The molecule has 26 heavy (non-hydrogen) atoms. The van der Waals surface area contributed by atoms with Crippen molar-refractivity contribution in [3.05, 3.63) is 0 Å². The van der Waals surface area contributed by atoms with Crippen molar-refractivity contribution in [3.8, 4) is 0 Å². The van der Waals surface area contributed by atoms with E-state index >= 15 is 0 Å². The maximum atomic E-state index is 12.3. The Kier molecular flexibility index (Phi) is 13.7. The highest BCUT2D eigenvalue weighted by molar-refractivity contribution is 14.0. The van der Waals surface area contributed by atoms with Crippen LogP contribution in [0.2, 0.25) is 0 Å². The van der Waals surface area contributed by atoms with Gasteiger partial charge < -0.3 is 15.0 Å². The minimum atomic E-state index is -4.14. The van der Waals surface area contributed by atoms with Gasteiger partial charge in [-0.05, 0) is 52.1 Å². The summed E-state index contributed by atoms with van der Waals surface area (Å²) in [4.78, 5) is 7.94. The fraction of sp³-hybridized carbons (Fsp3) is 0.941. The largest absolute Gasteiger partial charge is 0.401 e. The van der Waals surface area contributed by atoms with Crippen LogP contribution < -0.4 is 5.32 Å². The molecule has 0 bridgehead atoms. The van der Waals surface area contributed by atoms with E-state index in [-0.39, 0.29) is 24.0 Å². The number of hydrogen-bond acceptors (Lipinski definition) is 3. The Balaban J connectivity index is 0.00000625. The van der Waals surface area contributed by atoms with Gasteiger partial charge in [-0.25, -0.2) is 0 Å². The van der Waals surface area contributed by atoms with E-state index < -0.39 is 12.7 Å². The van der Waals surface area contributed by atoms with Crippen molar-refractivity contribution >= 4 is 29.9 Å². The number of halogens is 4. The molecule has 0 unspecified atom stereocenters. The second-order valence-electron chi connectivity index (χ2n) is 6.71. The fourth-order valence-electron chi connectivity index (χ4n) is 2.90. The van der Waals surface area contributed by atoms with Crippen molar-refractivity contribution in [2.45, 2.75) is 38.8 Å². The third kappa shape index (κ3) is 12.2. The molecule has 1 aliphatic heterocycles. The van der Waals surface area contributed by atoms with Gasteiger partial charge in [-0.3, -0.25) is 9.89 Å². The second-order valence-corrected chi connectivity index (χ2v) is 6.71. The van der Waals surface area contributed by atoms with Gasteiger partial charge in [0.2, 0.25) is 0 Å². The highest BCUT2D eigenvalue weighted by Crippen LogP contribution is 2.18. The van der Waals surface area contributed by atoms with Gasteiger partial charge in [0.15, 0.2) is 5.96 Å². The molecule has 5 nitrogen and oxygen atoms in total. The van der Waals surface area contributed by atoms with E-state index in [1.807, 2.05) is 14.0 Å². The van der Waals surface area contributed by atoms with Crippen molar-refractivity contribution in [1.82, 2.24) is 15.1 Å². The first-order valence-electron chi connectivity index (χ1n) is 9.14. The molecule has 1 heterocycles. The quantitative estimate of drug-likeness (QED) is 0.232. The second kappa shape index (κ2) is 13.8. The van der Waals surface area contributed by atoms with E-state index in [2.05, 4.69) is 15.2 Å². The molecule has 0 radical (unpaired) electrons. The van der Waals surface area contributed by atoms with E-state index in [4.69, 9.17) is 4.74 Å². The number of guanidine groups is 1. The monoisotopic (exact) mass is 494 g/mol. The summed E-state index contributed by atoms with van der Waals surface area (Å²) in [5.41, 5.74) is 0. The summed E-state index contributed by atoms with van der Waals surface area (Å²) in [5, 5.41) is 3.25. The first-order valence-corrected chi connectivity index (χ1v) is 9.14. The minimum Gasteiger partial charge on any atom is -0.381 e. The van der Waals surface area contributed by atoms with Crippen LogP contribution in [0.1, 0.15) is 32.6 Å². The molecule has 1 N–H and O–H groups in total. The molecule has 0 aliphatic carbocycles. The molecule has 1 saturated heterocycles. The van der Waals surface area contributed by atoms with Gasteiger partial charge in [-0.2, -0.15) is 13.2 Å². The number of hydrogen-bond donors (Lipinski definition) is 1. The third-order valence-corrected chi connectivity index (χ3v) is 4.32. The van der Waals surface area contributed by atoms with Crippen LogP contribution in [-0.2, 0) is 4.74 Å². The Morgan fingerprint density at radius 1 is 1.19 bits per heavy atom. The molecule has 1 rings (SSSR count). The maximum absolute atomic E-state index is 12.3. The topological polar surface area (TPSA) is 40.1 Å². The van der Waals surface area contributed by atoms with E-state index in [0.29, 0.717) is 25.4 Å². The summed E-state index contributed by atoms with van der Waals surface area (Å²) >= 11 is 0. The van der Waals surface area contributed by atoms with Gasteiger partial charge in [0.1, 0.15) is 0 Å². The van der Waals surface area contributed by atoms with Gasteiger partial charge in [0.05, 0.1) is 6.54 Å². The highest BCUT2D eigenvalue weighted by Gasteiger charge is 2.28. The maximum Gasteiger partial charge on any atom is 0.401 e. The van der Waals surface area contributed by atoms with Crippen LogP contribution in [-0.4, -0.2) is 82.0 Å². The number of nitrogens with one attached hydrogen (secondary N) is 1. The van der Waals surface area contributed by atoms with Gasteiger partial charge in [-0.1, -0.05) is 0 Å². The highest BCUT2D eigenvalue weighted by atomic mass is 127. The molecule has 0 atom stereocenters. The molecule has 0 aromatic carbocycles. The van der Waals surface area contributed by atoms with Crippen molar-refractivity contribution in [1.29, 1.82) is 0 Å². The van der Waals surface area contributed by atoms with Crippen LogP contribution >= 0.6 is 24.0 Å². The lowest BCUT2D eigenvalue weighted by Gasteiger charge is -2.27. The van der Waals surface area contributed by atoms with Gasteiger partial charge in [-0.15, -0.1) is 24.0 Å². The average Bonchev–Trinajstić information content (AvgIpc) is 2.55. The minimum absolute atomic E-state index is 0. The first-order chi connectivity index (χ1) is 11.8. The Morgan fingerprint density at radius 2 is 1.85 bits per heavy atom. The number of aliphatic imine (C=N–C) groups is 1. The summed E-state index contributed by atoms with van der Waals surface area (Å²) in [6, 6.07) is 0. The molecular weight excluding hydrogens is 460 g/mol. The predicted molar refractivity (Wildman–Crippen MR) is 110 cm³/mol. The Labute approximate surface area is 172 Å². The van der Waals surface area contributed by atoms with E-state index in [1.165, 1.54) is 11.9 Å². The van der Waals surface area contributed by atoms with Crippen molar-refractivity contribution in [2.75, 3.05) is 60.0 Å². The molecular formula is C17H34F3IN4O. The fourth-order valence-corrected chi connectivity index (χ4v) is 2.90. The molecule has 0 aromatic heterocycles. The number of ether oxygens (including phenoxy) is 1. The standard InChI is InChI=1S/C17H33F3N4O.HI/c1-4-21-16(22-9-5-10-23(2)14-17(18,19)20)24(3)11-6-15-7-12-25-13-8-15;/h15H,4-14H2,1-3H3,(H,21,22);1H. The van der Waals surface area contributed by atoms with E-state index in [1.54, 1.807) is 0 Å². The van der Waals surface area contributed by atoms with E-state index in [0.717, 1.165) is 51.5 Å². The Morgan fingerprint density at radius 3 is 2.42 bits per heavy atom. The number of nitrogens with zero attached hydrogens (tertiary/aromatic N) is 3. The Bertz CT molecular complexity index is 391. The zero-order chi connectivity index (χ0) is 18.7. The Hall–Kier alpha value is -0.290. The van der Waals surface area contributed by atoms with Crippen LogP contribution in [0.25, 0.3) is 0 Å². The SMILES string of the molecule is CCNC(=NCCCN(C)CC(F)(F)F)N(C)CCC1CCOCC1.I. The summed E-state index contributed by atoms with van der Waals surface area (Å²) in [6.45, 7) is 5.45. The van der Waals surface area contributed by atoms with Crippen molar-refractivity contribution < 1.29 is 17.9 Å². The van der Waals surface area contributed by atoms with E-state index in [9.17, 15) is 13.2 Å². The van der Waals surface area contributed by atoms with Crippen LogP contribution in [0.3, 0.4) is 0 Å². The summed E-state index contributed by atoms with van der Waals surface area (Å²) in [7, 11) is 3.50. The van der Waals surface area contributed by atoms with Gasteiger partial charge >= 0.3 is 6.18 Å². The molecule has 1 fully saturated rings. The molecule has 0 spiro atoms. The third-order valence-electron chi connectivity index (χ3n) is 4.32. The van der Waals surface area contributed by atoms with Gasteiger partial charge in [0, 0.05) is 39.9 Å². The van der Waals surface area contributed by atoms with Crippen molar-refractivity contribution in [3.63, 3.8) is 0 Å². The molecule has 0 aromatic rings. The molecule has 1 aliphatic rings. The zero-order valence-electron chi connectivity index (χ0n) is 16.1. The predicted octanol–water partition coefficient (Wildman–Crippen LogP) is 3.20. The summed E-state index contributed by atoms with van der Waals surface area (Å²) in [6.07, 6.45) is -0.189. The molecule has 156 valence electrons. The normalized spacial score (nSPS) is 16.5. The van der Waals surface area contributed by atoms with Crippen LogP contribution in [0, 0.1) is 5.92 Å². The van der Waals surface area contributed by atoms with Crippen LogP contribution in [0.4, 0.5) is 13.2 Å². The molecule has 0 saturated carbocycles. The van der Waals surface area contributed by atoms with Crippen LogP contribution in [0.15, 0.2) is 4.99 Å². The lowest BCUT2D eigenvalue weighted by Crippen LogP contribution is -2.40. The average molecular weight is 494 g/mol.